The highest BCUT2D eigenvalue weighted by Crippen LogP contribution is 2.18. The molecule has 0 atom stereocenters. The molecule has 5 nitrogen and oxygen atoms in total. The number of ether oxygens (including phenoxy) is 1. The Labute approximate surface area is 74.5 Å². The Balaban J connectivity index is 2.58. The van der Waals surface area contributed by atoms with Crippen molar-refractivity contribution in [3.63, 3.8) is 0 Å². The molecule has 0 unspecified atom stereocenters. The van der Waals surface area contributed by atoms with E-state index in [1.54, 1.807) is 13.2 Å². The molecule has 13 heavy (non-hydrogen) atoms. The van der Waals surface area contributed by atoms with Gasteiger partial charge in [-0.1, -0.05) is 5.16 Å². The van der Waals surface area contributed by atoms with E-state index in [1.165, 1.54) is 6.20 Å². The summed E-state index contributed by atoms with van der Waals surface area (Å²) >= 11 is 0. The fourth-order valence-corrected chi connectivity index (χ4v) is 1.14. The summed E-state index contributed by atoms with van der Waals surface area (Å²) in [5.41, 5.74) is 7.37. The highest BCUT2D eigenvalue weighted by atomic mass is 16.5. The molecule has 0 aliphatic heterocycles. The number of hydrogen-bond donors (Lipinski definition) is 1. The Morgan fingerprint density at radius 1 is 1.62 bits per heavy atom. The van der Waals surface area contributed by atoms with Gasteiger partial charge in [0.15, 0.2) is 0 Å². The Morgan fingerprint density at radius 3 is 3.23 bits per heavy atom. The normalized spacial score (nSPS) is 10.8. The van der Waals surface area contributed by atoms with Gasteiger partial charge in [-0.25, -0.2) is 4.98 Å². The van der Waals surface area contributed by atoms with E-state index >= 15 is 0 Å². The van der Waals surface area contributed by atoms with Crippen molar-refractivity contribution < 1.29 is 9.26 Å². The molecule has 5 heteroatoms. The largest absolute Gasteiger partial charge is 0.397 e. The van der Waals surface area contributed by atoms with E-state index in [0.29, 0.717) is 18.0 Å². The van der Waals surface area contributed by atoms with Crippen LogP contribution in [0.1, 0.15) is 5.69 Å². The zero-order valence-corrected chi connectivity index (χ0v) is 7.15. The third-order valence-electron chi connectivity index (χ3n) is 1.71. The molecule has 0 spiro atoms. The molecule has 2 aromatic rings. The molecular weight excluding hydrogens is 170 g/mol. The van der Waals surface area contributed by atoms with Crippen molar-refractivity contribution in [1.29, 1.82) is 0 Å². The van der Waals surface area contributed by atoms with Crippen LogP contribution in [0.2, 0.25) is 0 Å². The van der Waals surface area contributed by atoms with Gasteiger partial charge in [0.1, 0.15) is 5.69 Å². The van der Waals surface area contributed by atoms with Gasteiger partial charge in [0.25, 0.3) is 5.71 Å². The van der Waals surface area contributed by atoms with Gasteiger partial charge in [0.05, 0.1) is 23.9 Å². The average molecular weight is 179 g/mol. The van der Waals surface area contributed by atoms with Gasteiger partial charge in [-0.3, -0.25) is 0 Å². The number of nitrogen functional groups attached to an aromatic ring is 1. The molecule has 0 aliphatic rings. The molecule has 68 valence electrons. The van der Waals surface area contributed by atoms with Crippen LogP contribution >= 0.6 is 0 Å². The molecule has 0 saturated heterocycles. The van der Waals surface area contributed by atoms with Gasteiger partial charge in [0, 0.05) is 7.11 Å². The van der Waals surface area contributed by atoms with Crippen molar-refractivity contribution in [2.45, 2.75) is 6.61 Å². The summed E-state index contributed by atoms with van der Waals surface area (Å²) in [6, 6.07) is 1.77. The van der Waals surface area contributed by atoms with Crippen molar-refractivity contribution in [2.24, 2.45) is 0 Å². The predicted molar refractivity (Wildman–Crippen MR) is 46.9 cm³/mol. The second-order valence-corrected chi connectivity index (χ2v) is 2.68. The molecule has 2 heterocycles. The van der Waals surface area contributed by atoms with Crippen LogP contribution in [0.5, 0.6) is 0 Å². The first kappa shape index (κ1) is 8.00. The molecule has 0 fully saturated rings. The van der Waals surface area contributed by atoms with E-state index in [9.17, 15) is 0 Å². The second-order valence-electron chi connectivity index (χ2n) is 2.68. The van der Waals surface area contributed by atoms with Crippen molar-refractivity contribution in [2.75, 3.05) is 12.8 Å². The number of nitrogens with two attached hydrogens (primary N) is 1. The number of nitrogens with zero attached hydrogens (tertiary/aromatic N) is 2. The molecular formula is C8H9N3O2. The number of fused-ring (bicyclic) bond motifs is 1. The SMILES string of the molecule is COCc1noc2ncc(N)cc12. The Morgan fingerprint density at radius 2 is 2.46 bits per heavy atom. The van der Waals surface area contributed by atoms with Gasteiger partial charge in [-0.05, 0) is 6.07 Å². The van der Waals surface area contributed by atoms with Gasteiger partial charge in [-0.2, -0.15) is 0 Å². The molecule has 2 rings (SSSR count). The Bertz CT molecular complexity index is 424. The highest BCUT2D eigenvalue weighted by molar-refractivity contribution is 5.78. The minimum absolute atomic E-state index is 0.401. The lowest BCUT2D eigenvalue weighted by atomic mass is 10.2. The molecule has 2 N–H and O–H groups in total. The van der Waals surface area contributed by atoms with Gasteiger partial charge < -0.3 is 15.0 Å². The molecule has 0 saturated carbocycles. The molecule has 0 amide bonds. The van der Waals surface area contributed by atoms with Crippen molar-refractivity contribution in [1.82, 2.24) is 10.1 Å². The van der Waals surface area contributed by atoms with E-state index in [4.69, 9.17) is 15.0 Å². The summed E-state index contributed by atoms with van der Waals surface area (Å²) in [4.78, 5) is 3.97. The standard InChI is InChI=1S/C8H9N3O2/c1-12-4-7-6-2-5(9)3-10-8(6)13-11-7/h2-3H,4,9H2,1H3. The summed E-state index contributed by atoms with van der Waals surface area (Å²) in [6.07, 6.45) is 1.53. The van der Waals surface area contributed by atoms with E-state index < -0.39 is 0 Å². The van der Waals surface area contributed by atoms with Crippen LogP contribution in [0.25, 0.3) is 11.1 Å². The van der Waals surface area contributed by atoms with Crippen molar-refractivity contribution in [3.8, 4) is 0 Å². The van der Waals surface area contributed by atoms with Crippen LogP contribution in [0.3, 0.4) is 0 Å². The first-order valence-corrected chi connectivity index (χ1v) is 3.80. The van der Waals surface area contributed by atoms with Gasteiger partial charge >= 0.3 is 0 Å². The molecule has 0 radical (unpaired) electrons. The van der Waals surface area contributed by atoms with Crippen LogP contribution < -0.4 is 5.73 Å². The summed E-state index contributed by atoms with van der Waals surface area (Å²) in [6.45, 7) is 0.401. The Hall–Kier alpha value is -1.62. The molecule has 0 aromatic carbocycles. The maximum absolute atomic E-state index is 5.58. The quantitative estimate of drug-likeness (QED) is 0.742. The summed E-state index contributed by atoms with van der Waals surface area (Å²) in [7, 11) is 1.60. The first-order chi connectivity index (χ1) is 6.31. The second kappa shape index (κ2) is 3.02. The minimum Gasteiger partial charge on any atom is -0.397 e. The van der Waals surface area contributed by atoms with Crippen molar-refractivity contribution in [3.05, 3.63) is 18.0 Å². The average Bonchev–Trinajstić information content (AvgIpc) is 2.49. The van der Waals surface area contributed by atoms with Gasteiger partial charge in [0.2, 0.25) is 0 Å². The third-order valence-corrected chi connectivity index (χ3v) is 1.71. The maximum atomic E-state index is 5.58. The zero-order chi connectivity index (χ0) is 9.26. The number of methoxy groups -OCH3 is 1. The lowest BCUT2D eigenvalue weighted by molar-refractivity contribution is 0.178. The molecule has 0 aliphatic carbocycles. The van der Waals surface area contributed by atoms with Crippen LogP contribution in [0.15, 0.2) is 16.8 Å². The fraction of sp³-hybridized carbons (Fsp3) is 0.250. The van der Waals surface area contributed by atoms with E-state index in [0.717, 1.165) is 11.1 Å². The topological polar surface area (TPSA) is 74.2 Å². The van der Waals surface area contributed by atoms with E-state index in [2.05, 4.69) is 10.1 Å². The molecule has 2 aromatic heterocycles. The van der Waals surface area contributed by atoms with E-state index in [1.807, 2.05) is 0 Å². The van der Waals surface area contributed by atoms with E-state index in [-0.39, 0.29) is 0 Å². The predicted octanol–water partition coefficient (Wildman–Crippen LogP) is 0.951. The van der Waals surface area contributed by atoms with Crippen molar-refractivity contribution >= 4 is 16.8 Å². The van der Waals surface area contributed by atoms with Crippen LogP contribution in [-0.2, 0) is 11.3 Å². The van der Waals surface area contributed by atoms with Crippen LogP contribution in [0, 0.1) is 0 Å². The zero-order valence-electron chi connectivity index (χ0n) is 7.15. The van der Waals surface area contributed by atoms with Crippen LogP contribution in [-0.4, -0.2) is 17.3 Å². The number of rotatable bonds is 2. The lowest BCUT2D eigenvalue weighted by Crippen LogP contribution is -1.89. The third kappa shape index (κ3) is 1.33. The first-order valence-electron chi connectivity index (χ1n) is 3.80. The summed E-state index contributed by atoms with van der Waals surface area (Å²) < 4.78 is 9.90. The lowest BCUT2D eigenvalue weighted by Gasteiger charge is -1.93. The summed E-state index contributed by atoms with van der Waals surface area (Å²) in [5, 5.41) is 4.62. The number of aromatic nitrogens is 2. The smallest absolute Gasteiger partial charge is 0.258 e. The Kier molecular flexibility index (Phi) is 1.86. The highest BCUT2D eigenvalue weighted by Gasteiger charge is 2.08. The molecule has 0 bridgehead atoms. The number of hydrogen-bond acceptors (Lipinski definition) is 5. The summed E-state index contributed by atoms with van der Waals surface area (Å²) in [5.74, 6) is 0. The maximum Gasteiger partial charge on any atom is 0.258 e. The monoisotopic (exact) mass is 179 g/mol. The number of anilines is 1. The van der Waals surface area contributed by atoms with Crippen LogP contribution in [0.4, 0.5) is 5.69 Å². The number of pyridine rings is 1. The fourth-order valence-electron chi connectivity index (χ4n) is 1.14. The van der Waals surface area contributed by atoms with Gasteiger partial charge in [-0.15, -0.1) is 0 Å². The minimum atomic E-state index is 0.401.